The molecule has 40 heavy (non-hydrogen) atoms. The molecule has 4 heterocycles. The van der Waals surface area contributed by atoms with Crippen LogP contribution < -0.4 is 5.63 Å². The summed E-state index contributed by atoms with van der Waals surface area (Å²) in [6.45, 7) is 5.94. The van der Waals surface area contributed by atoms with Crippen molar-refractivity contribution in [2.45, 2.75) is 51.5 Å². The van der Waals surface area contributed by atoms with E-state index in [1.807, 2.05) is 48.2 Å². The van der Waals surface area contributed by atoms with Crippen molar-refractivity contribution < 1.29 is 18.4 Å². The number of methoxy groups -OCH3 is 1. The second-order valence-electron chi connectivity index (χ2n) is 11.4. The van der Waals surface area contributed by atoms with Crippen LogP contribution in [-0.2, 0) is 16.0 Å². The fraction of sp³-hybridized carbons (Fsp3) is 0.455. The highest BCUT2D eigenvalue weighted by Gasteiger charge is 2.35. The van der Waals surface area contributed by atoms with Crippen molar-refractivity contribution in [3.8, 4) is 11.1 Å². The maximum atomic E-state index is 13.8. The molecule has 2 unspecified atom stereocenters. The molecule has 7 nitrogen and oxygen atoms in total. The van der Waals surface area contributed by atoms with E-state index >= 15 is 0 Å². The smallest absolute Gasteiger partial charge is 0.340 e. The minimum Gasteiger partial charge on any atom is -0.464 e. The first-order valence-electron chi connectivity index (χ1n) is 14.6. The highest BCUT2D eigenvalue weighted by molar-refractivity contribution is 6.02. The summed E-state index contributed by atoms with van der Waals surface area (Å²) in [5.41, 5.74) is 3.91. The van der Waals surface area contributed by atoms with Gasteiger partial charge in [0.05, 0.1) is 24.9 Å². The van der Waals surface area contributed by atoms with Crippen molar-refractivity contribution in [1.29, 1.82) is 0 Å². The fourth-order valence-corrected chi connectivity index (χ4v) is 6.81. The number of hydrogen-bond donors (Lipinski definition) is 0. The molecule has 0 spiro atoms. The van der Waals surface area contributed by atoms with E-state index in [1.54, 1.807) is 19.4 Å². The molecule has 2 fully saturated rings. The molecule has 0 N–H and O–H groups in total. The number of rotatable bonds is 8. The maximum absolute atomic E-state index is 13.8. The van der Waals surface area contributed by atoms with Gasteiger partial charge in [0, 0.05) is 48.6 Å². The van der Waals surface area contributed by atoms with Gasteiger partial charge in [0.25, 0.3) is 0 Å². The topological polar surface area (TPSA) is 76.1 Å². The van der Waals surface area contributed by atoms with E-state index in [1.165, 1.54) is 38.8 Å². The Hall–Kier alpha value is -3.42. The van der Waals surface area contributed by atoms with Gasteiger partial charge in [-0.2, -0.15) is 0 Å². The van der Waals surface area contributed by atoms with Crippen molar-refractivity contribution in [3.05, 3.63) is 70.3 Å². The minimum atomic E-state index is -0.463. The van der Waals surface area contributed by atoms with Crippen molar-refractivity contribution >= 4 is 27.8 Å². The van der Waals surface area contributed by atoms with Gasteiger partial charge in [-0.1, -0.05) is 36.8 Å². The van der Waals surface area contributed by atoms with Gasteiger partial charge in [0.1, 0.15) is 11.2 Å². The highest BCUT2D eigenvalue weighted by Crippen LogP contribution is 2.35. The molecule has 2 aromatic heterocycles. The Balaban J connectivity index is 1.30. The molecule has 2 saturated heterocycles. The number of ether oxygens (including phenoxy) is 1. The Bertz CT molecular complexity index is 1550. The van der Waals surface area contributed by atoms with Gasteiger partial charge in [-0.15, -0.1) is 0 Å². The van der Waals surface area contributed by atoms with Crippen LogP contribution in [0.5, 0.6) is 0 Å². The maximum Gasteiger partial charge on any atom is 0.340 e. The van der Waals surface area contributed by atoms with Crippen LogP contribution in [-0.4, -0.2) is 61.6 Å². The first kappa shape index (κ1) is 26.8. The number of hydrogen-bond acceptors (Lipinski definition) is 6. The lowest BCUT2D eigenvalue weighted by atomic mass is 9.83. The van der Waals surface area contributed by atoms with E-state index in [0.29, 0.717) is 48.4 Å². The van der Waals surface area contributed by atoms with Crippen LogP contribution in [0.3, 0.4) is 0 Å². The number of nitrogens with zero attached hydrogens (tertiary/aromatic N) is 2. The lowest BCUT2D eigenvalue weighted by Crippen LogP contribution is -2.52. The number of piperidine rings is 2. The van der Waals surface area contributed by atoms with Crippen molar-refractivity contribution in [3.63, 3.8) is 0 Å². The number of furan rings is 1. The number of fused-ring (bicyclic) bond motifs is 3. The molecule has 0 saturated carbocycles. The largest absolute Gasteiger partial charge is 0.464 e. The van der Waals surface area contributed by atoms with E-state index in [4.69, 9.17) is 13.6 Å². The molecule has 0 bridgehead atoms. The predicted molar refractivity (Wildman–Crippen MR) is 157 cm³/mol. The third-order valence-corrected chi connectivity index (χ3v) is 9.00. The van der Waals surface area contributed by atoms with Crippen molar-refractivity contribution in [2.24, 2.45) is 5.92 Å². The number of aryl methyl sites for hydroxylation is 1. The van der Waals surface area contributed by atoms with E-state index in [-0.39, 0.29) is 12.3 Å². The Kier molecular flexibility index (Phi) is 7.76. The van der Waals surface area contributed by atoms with Gasteiger partial charge < -0.3 is 23.4 Å². The SMILES string of the molecule is COCCN(CC1CCCN2CCCCC12)C(=O)Cc1c(C)c2cc3c(-c4ccccc4)coc3cc2oc1=O. The number of amides is 1. The van der Waals surface area contributed by atoms with Crippen LogP contribution in [0.4, 0.5) is 0 Å². The Morgan fingerprint density at radius 3 is 2.70 bits per heavy atom. The quantitative estimate of drug-likeness (QED) is 0.262. The third-order valence-electron chi connectivity index (χ3n) is 9.00. The summed E-state index contributed by atoms with van der Waals surface area (Å²) in [7, 11) is 1.66. The van der Waals surface area contributed by atoms with Gasteiger partial charge in [-0.3, -0.25) is 4.79 Å². The molecule has 2 aliphatic rings. The fourth-order valence-electron chi connectivity index (χ4n) is 6.81. The molecule has 210 valence electrons. The van der Waals surface area contributed by atoms with Crippen molar-refractivity contribution in [1.82, 2.24) is 9.80 Å². The Morgan fingerprint density at radius 2 is 1.88 bits per heavy atom. The summed E-state index contributed by atoms with van der Waals surface area (Å²) in [5, 5.41) is 1.77. The summed E-state index contributed by atoms with van der Waals surface area (Å²) in [6.07, 6.45) is 7.81. The Morgan fingerprint density at radius 1 is 1.05 bits per heavy atom. The van der Waals surface area contributed by atoms with Gasteiger partial charge in [0.15, 0.2) is 0 Å². The molecule has 1 amide bonds. The lowest BCUT2D eigenvalue weighted by Gasteiger charge is -2.45. The first-order valence-corrected chi connectivity index (χ1v) is 14.6. The summed E-state index contributed by atoms with van der Waals surface area (Å²) >= 11 is 0. The molecule has 2 atom stereocenters. The minimum absolute atomic E-state index is 0.0177. The monoisotopic (exact) mass is 542 g/mol. The zero-order chi connectivity index (χ0) is 27.6. The summed E-state index contributed by atoms with van der Waals surface area (Å²) in [4.78, 5) is 31.5. The van der Waals surface area contributed by atoms with Crippen LogP contribution in [0.2, 0.25) is 0 Å². The molecular formula is C33H38N2O5. The van der Waals surface area contributed by atoms with E-state index in [2.05, 4.69) is 4.90 Å². The first-order chi connectivity index (χ1) is 19.5. The number of carbonyl (C=O) groups is 1. The molecule has 0 aliphatic carbocycles. The van der Waals surface area contributed by atoms with Crippen LogP contribution in [0.25, 0.3) is 33.1 Å². The van der Waals surface area contributed by atoms with Gasteiger partial charge in [-0.25, -0.2) is 4.79 Å². The normalized spacial score (nSPS) is 19.6. The second kappa shape index (κ2) is 11.6. The summed E-state index contributed by atoms with van der Waals surface area (Å²) < 4.78 is 16.9. The molecular weight excluding hydrogens is 504 g/mol. The molecule has 2 aromatic carbocycles. The number of carbonyl (C=O) groups excluding carboxylic acids is 1. The average molecular weight is 543 g/mol. The van der Waals surface area contributed by atoms with Crippen LogP contribution in [0.1, 0.15) is 43.2 Å². The van der Waals surface area contributed by atoms with Crippen LogP contribution >= 0.6 is 0 Å². The standard InChI is InChI=1S/C33H38N2O5/c1-22-25-17-27-28(23-9-4-3-5-10-23)21-39-30(27)19-31(25)40-33(37)26(22)18-32(36)35(15-16-38-2)20-24-11-8-14-34-13-7-6-12-29(24)34/h3-5,9-10,17,19,21,24,29H,6-8,11-16,18,20H2,1-2H3. The molecule has 0 radical (unpaired) electrons. The predicted octanol–water partition coefficient (Wildman–Crippen LogP) is 5.80. The van der Waals surface area contributed by atoms with E-state index in [0.717, 1.165) is 33.9 Å². The van der Waals surface area contributed by atoms with Gasteiger partial charge >= 0.3 is 5.63 Å². The second-order valence-corrected chi connectivity index (χ2v) is 11.4. The molecule has 7 heteroatoms. The van der Waals surface area contributed by atoms with E-state index in [9.17, 15) is 9.59 Å². The zero-order valence-corrected chi connectivity index (χ0v) is 23.5. The van der Waals surface area contributed by atoms with Crippen LogP contribution in [0, 0.1) is 12.8 Å². The van der Waals surface area contributed by atoms with Gasteiger partial charge in [0.2, 0.25) is 5.91 Å². The summed E-state index contributed by atoms with van der Waals surface area (Å²) in [5.74, 6) is 0.406. The molecule has 4 aromatic rings. The number of benzene rings is 2. The third kappa shape index (κ3) is 5.20. The lowest BCUT2D eigenvalue weighted by molar-refractivity contribution is -0.132. The summed E-state index contributed by atoms with van der Waals surface area (Å²) in [6, 6.07) is 14.4. The van der Waals surface area contributed by atoms with Gasteiger partial charge in [-0.05, 0) is 68.8 Å². The van der Waals surface area contributed by atoms with E-state index < -0.39 is 5.63 Å². The molecule has 6 rings (SSSR count). The van der Waals surface area contributed by atoms with Crippen molar-refractivity contribution in [2.75, 3.05) is 39.9 Å². The average Bonchev–Trinajstić information content (AvgIpc) is 3.39. The Labute approximate surface area is 234 Å². The zero-order valence-electron chi connectivity index (χ0n) is 23.5. The van der Waals surface area contributed by atoms with Crippen LogP contribution in [0.15, 0.2) is 62.4 Å². The highest BCUT2D eigenvalue weighted by atomic mass is 16.5. The molecule has 2 aliphatic heterocycles.